The highest BCUT2D eigenvalue weighted by atomic mass is 19.2. The number of hydrogen-bond donors (Lipinski definition) is 0. The molecule has 1 aromatic carbocycles. The van der Waals surface area contributed by atoms with Crippen LogP contribution in [0.25, 0.3) is 0 Å². The predicted molar refractivity (Wildman–Crippen MR) is 90.8 cm³/mol. The largest absolute Gasteiger partial charge is 0.204 e. The molecule has 0 spiro atoms. The van der Waals surface area contributed by atoms with E-state index in [0.717, 1.165) is 30.2 Å². The summed E-state index contributed by atoms with van der Waals surface area (Å²) in [6.07, 6.45) is 12.6. The summed E-state index contributed by atoms with van der Waals surface area (Å²) in [5.41, 5.74) is 0.902. The number of benzene rings is 1. The van der Waals surface area contributed by atoms with Crippen LogP contribution < -0.4 is 0 Å². The molecule has 0 bridgehead atoms. The lowest BCUT2D eigenvalue weighted by Gasteiger charge is -2.37. The minimum Gasteiger partial charge on any atom is -0.204 e. The molecule has 3 rings (SSSR count). The van der Waals surface area contributed by atoms with E-state index >= 15 is 0 Å². The van der Waals surface area contributed by atoms with E-state index in [4.69, 9.17) is 0 Å². The number of rotatable bonds is 4. The molecule has 0 atom stereocenters. The molecular weight excluding hydrogens is 290 g/mol. The van der Waals surface area contributed by atoms with Gasteiger partial charge >= 0.3 is 0 Å². The maximum Gasteiger partial charge on any atom is 0.159 e. The van der Waals surface area contributed by atoms with Gasteiger partial charge in [0.05, 0.1) is 0 Å². The standard InChI is InChI=1S/C21H28F2/c1-2-3-15-4-6-16(7-5-15)17-8-10-18(11-9-17)19-12-13-20(22)21(23)14-19/h12-15,17H,2-11H2,1H3. The Morgan fingerprint density at radius 3 is 2.22 bits per heavy atom. The quantitative estimate of drug-likeness (QED) is 0.583. The molecule has 0 amide bonds. The zero-order valence-electron chi connectivity index (χ0n) is 14.2. The van der Waals surface area contributed by atoms with E-state index in [9.17, 15) is 8.78 Å². The molecule has 0 unspecified atom stereocenters. The minimum atomic E-state index is -0.748. The second kappa shape index (κ2) is 7.77. The highest BCUT2D eigenvalue weighted by molar-refractivity contribution is 5.32. The van der Waals surface area contributed by atoms with Gasteiger partial charge in [0.1, 0.15) is 0 Å². The van der Waals surface area contributed by atoms with Crippen LogP contribution in [0, 0.1) is 35.3 Å². The van der Waals surface area contributed by atoms with Crippen LogP contribution in [-0.2, 0) is 0 Å². The lowest BCUT2D eigenvalue weighted by molar-refractivity contribution is 0.286. The monoisotopic (exact) mass is 318 g/mol. The van der Waals surface area contributed by atoms with Crippen LogP contribution in [0.15, 0.2) is 18.2 Å². The van der Waals surface area contributed by atoms with E-state index in [-0.39, 0.29) is 0 Å². The van der Waals surface area contributed by atoms with E-state index in [0.29, 0.717) is 0 Å². The molecule has 1 aromatic rings. The molecule has 2 radical (unpaired) electrons. The SMILES string of the molecule is CCCC1CC[C](C2CC[C](c3ccc(F)c(F)c3)CC2)CC1. The lowest BCUT2D eigenvalue weighted by Crippen LogP contribution is -2.24. The summed E-state index contributed by atoms with van der Waals surface area (Å²) in [6.45, 7) is 2.29. The first-order valence-corrected chi connectivity index (χ1v) is 9.32. The van der Waals surface area contributed by atoms with Gasteiger partial charge < -0.3 is 0 Å². The Bertz CT molecular complexity index is 495. The van der Waals surface area contributed by atoms with Crippen molar-refractivity contribution in [2.24, 2.45) is 11.8 Å². The summed E-state index contributed by atoms with van der Waals surface area (Å²) >= 11 is 0. The van der Waals surface area contributed by atoms with Crippen LogP contribution in [0.3, 0.4) is 0 Å². The van der Waals surface area contributed by atoms with Crippen molar-refractivity contribution in [2.75, 3.05) is 0 Å². The highest BCUT2D eigenvalue weighted by Gasteiger charge is 2.31. The van der Waals surface area contributed by atoms with Crippen LogP contribution in [0.4, 0.5) is 8.78 Å². The second-order valence-corrected chi connectivity index (χ2v) is 7.40. The van der Waals surface area contributed by atoms with Gasteiger partial charge in [0, 0.05) is 5.92 Å². The van der Waals surface area contributed by atoms with E-state index in [1.807, 2.05) is 0 Å². The zero-order valence-corrected chi connectivity index (χ0v) is 14.2. The van der Waals surface area contributed by atoms with Crippen molar-refractivity contribution in [2.45, 2.75) is 71.1 Å². The Kier molecular flexibility index (Phi) is 5.71. The van der Waals surface area contributed by atoms with Crippen molar-refractivity contribution >= 4 is 0 Å². The third-order valence-electron chi connectivity index (χ3n) is 5.94. The molecule has 0 nitrogen and oxygen atoms in total. The molecule has 0 saturated heterocycles. The first-order chi connectivity index (χ1) is 11.2. The number of hydrogen-bond acceptors (Lipinski definition) is 0. The topological polar surface area (TPSA) is 0 Å². The summed E-state index contributed by atoms with van der Waals surface area (Å²) in [5, 5.41) is 0. The van der Waals surface area contributed by atoms with Crippen LogP contribution in [0.1, 0.15) is 76.7 Å². The maximum absolute atomic E-state index is 13.4. The van der Waals surface area contributed by atoms with E-state index in [1.165, 1.54) is 69.4 Å². The van der Waals surface area contributed by atoms with Gasteiger partial charge in [0.15, 0.2) is 11.6 Å². The fourth-order valence-electron chi connectivity index (χ4n) is 4.53. The molecular formula is C21H28F2. The zero-order chi connectivity index (χ0) is 16.2. The average Bonchev–Trinajstić information content (AvgIpc) is 2.59. The van der Waals surface area contributed by atoms with Crippen LogP contribution in [0.5, 0.6) is 0 Å². The minimum absolute atomic E-state index is 0.722. The maximum atomic E-state index is 13.4. The molecule has 23 heavy (non-hydrogen) atoms. The fraction of sp³-hybridized carbons (Fsp3) is 0.619. The lowest BCUT2D eigenvalue weighted by atomic mass is 9.68. The molecule has 0 aromatic heterocycles. The van der Waals surface area contributed by atoms with E-state index in [2.05, 4.69) is 6.92 Å². The van der Waals surface area contributed by atoms with Gasteiger partial charge in [0.25, 0.3) is 0 Å². The van der Waals surface area contributed by atoms with Gasteiger partial charge in [-0.25, -0.2) is 8.78 Å². The summed E-state index contributed by atoms with van der Waals surface area (Å²) in [7, 11) is 0. The molecule has 2 heteroatoms. The van der Waals surface area contributed by atoms with Crippen LogP contribution in [-0.4, -0.2) is 0 Å². The molecule has 2 fully saturated rings. The van der Waals surface area contributed by atoms with Crippen molar-refractivity contribution in [1.29, 1.82) is 0 Å². The predicted octanol–water partition coefficient (Wildman–Crippen LogP) is 6.64. The normalized spacial score (nSPS) is 22.6. The molecule has 0 aliphatic heterocycles. The van der Waals surface area contributed by atoms with Crippen molar-refractivity contribution in [3.63, 3.8) is 0 Å². The Balaban J connectivity index is 1.50. The van der Waals surface area contributed by atoms with Gasteiger partial charge in [-0.15, -0.1) is 0 Å². The Morgan fingerprint density at radius 2 is 1.61 bits per heavy atom. The van der Waals surface area contributed by atoms with Crippen LogP contribution >= 0.6 is 0 Å². The van der Waals surface area contributed by atoms with Crippen molar-refractivity contribution < 1.29 is 8.78 Å². The van der Waals surface area contributed by atoms with Gasteiger partial charge in [-0.3, -0.25) is 0 Å². The van der Waals surface area contributed by atoms with Crippen molar-refractivity contribution in [3.05, 3.63) is 47.2 Å². The summed E-state index contributed by atoms with van der Waals surface area (Å²) in [4.78, 5) is 0. The molecule has 2 aliphatic carbocycles. The van der Waals surface area contributed by atoms with Gasteiger partial charge in [0.2, 0.25) is 0 Å². The van der Waals surface area contributed by atoms with Gasteiger partial charge in [-0.05, 0) is 86.8 Å². The molecule has 126 valence electrons. The van der Waals surface area contributed by atoms with E-state index in [1.54, 1.807) is 12.0 Å². The average molecular weight is 318 g/mol. The summed E-state index contributed by atoms with van der Waals surface area (Å²) < 4.78 is 26.5. The highest BCUT2D eigenvalue weighted by Crippen LogP contribution is 2.45. The van der Waals surface area contributed by atoms with Crippen molar-refractivity contribution in [3.8, 4) is 0 Å². The number of halogens is 2. The summed E-state index contributed by atoms with van der Waals surface area (Å²) in [5.74, 6) is 3.36. The summed E-state index contributed by atoms with van der Waals surface area (Å²) in [6, 6.07) is 4.36. The molecule has 2 saturated carbocycles. The third-order valence-corrected chi connectivity index (χ3v) is 5.94. The Labute approximate surface area is 139 Å². The first kappa shape index (κ1) is 16.9. The fourth-order valence-corrected chi connectivity index (χ4v) is 4.53. The smallest absolute Gasteiger partial charge is 0.159 e. The molecule has 0 N–H and O–H groups in total. The van der Waals surface area contributed by atoms with Gasteiger partial charge in [-0.2, -0.15) is 0 Å². The van der Waals surface area contributed by atoms with Crippen molar-refractivity contribution in [1.82, 2.24) is 0 Å². The Morgan fingerprint density at radius 1 is 0.913 bits per heavy atom. The second-order valence-electron chi connectivity index (χ2n) is 7.40. The van der Waals surface area contributed by atoms with Gasteiger partial charge in [-0.1, -0.05) is 25.8 Å². The van der Waals surface area contributed by atoms with Crippen LogP contribution in [0.2, 0.25) is 0 Å². The first-order valence-electron chi connectivity index (χ1n) is 9.32. The Hall–Kier alpha value is -0.920. The van der Waals surface area contributed by atoms with E-state index < -0.39 is 11.6 Å². The molecule has 2 aliphatic rings. The molecule has 0 heterocycles. The third kappa shape index (κ3) is 4.14.